The first-order valence-electron chi connectivity index (χ1n) is 9.59. The summed E-state index contributed by atoms with van der Waals surface area (Å²) in [7, 11) is 1.77. The third kappa shape index (κ3) is 4.12. The van der Waals surface area contributed by atoms with E-state index < -0.39 is 0 Å². The number of hydrogen-bond acceptors (Lipinski definition) is 5. The lowest BCUT2D eigenvalue weighted by molar-refractivity contribution is 0.0347. The van der Waals surface area contributed by atoms with Gasteiger partial charge in [0.2, 0.25) is 5.95 Å². The minimum Gasteiger partial charge on any atom is -0.375 e. The number of benzene rings is 1. The summed E-state index contributed by atoms with van der Waals surface area (Å²) in [6.07, 6.45) is 5.46. The maximum Gasteiger partial charge on any atom is 0.255 e. The minimum absolute atomic E-state index is 0.0656. The van der Waals surface area contributed by atoms with Crippen molar-refractivity contribution in [3.63, 3.8) is 0 Å². The van der Waals surface area contributed by atoms with E-state index in [0.29, 0.717) is 18.2 Å². The molecule has 6 heteroatoms. The molecule has 28 heavy (non-hydrogen) atoms. The molecule has 0 radical (unpaired) electrons. The second kappa shape index (κ2) is 8.35. The number of nitrogens with zero attached hydrogens (tertiary/aromatic N) is 4. The van der Waals surface area contributed by atoms with Gasteiger partial charge in [-0.3, -0.25) is 14.3 Å². The van der Waals surface area contributed by atoms with Crippen molar-refractivity contribution in [3.05, 3.63) is 76.8 Å². The highest BCUT2D eigenvalue weighted by molar-refractivity contribution is 5.59. The first-order valence-corrected chi connectivity index (χ1v) is 9.59. The van der Waals surface area contributed by atoms with Gasteiger partial charge in [-0.15, -0.1) is 0 Å². The molecule has 0 aliphatic carbocycles. The smallest absolute Gasteiger partial charge is 0.255 e. The van der Waals surface area contributed by atoms with Crippen molar-refractivity contribution < 1.29 is 4.74 Å². The van der Waals surface area contributed by atoms with Crippen molar-refractivity contribution in [1.82, 2.24) is 14.5 Å². The van der Waals surface area contributed by atoms with E-state index in [2.05, 4.69) is 34.1 Å². The quantitative estimate of drug-likeness (QED) is 0.685. The Kier molecular flexibility index (Phi) is 5.48. The Morgan fingerprint density at radius 2 is 1.93 bits per heavy atom. The number of hydrogen-bond donors (Lipinski definition) is 0. The van der Waals surface area contributed by atoms with Crippen LogP contribution in [0.15, 0.2) is 65.7 Å². The number of anilines is 1. The van der Waals surface area contributed by atoms with Crippen LogP contribution in [-0.4, -0.2) is 40.3 Å². The zero-order valence-corrected chi connectivity index (χ0v) is 16.0. The molecule has 2 aromatic heterocycles. The first kappa shape index (κ1) is 18.4. The van der Waals surface area contributed by atoms with Gasteiger partial charge in [-0.25, -0.2) is 4.98 Å². The standard InChI is InChI=1S/C22H24N4O2/c1-25-21(27)15-20(18-9-11-23-12-10-18)24-22(25)26-13-14-28-19(16-26)8-7-17-5-3-2-4-6-17/h2-6,9-12,15,19H,7-8,13-14,16H2,1H3. The molecule has 1 fully saturated rings. The maximum absolute atomic E-state index is 12.5. The molecule has 1 unspecified atom stereocenters. The Hall–Kier alpha value is -2.99. The third-order valence-electron chi connectivity index (χ3n) is 5.11. The average Bonchev–Trinajstić information content (AvgIpc) is 2.75. The molecule has 3 aromatic rings. The lowest BCUT2D eigenvalue weighted by Gasteiger charge is -2.34. The summed E-state index contributed by atoms with van der Waals surface area (Å²) in [5.74, 6) is 0.687. The van der Waals surface area contributed by atoms with Gasteiger partial charge in [0.15, 0.2) is 0 Å². The largest absolute Gasteiger partial charge is 0.375 e. The molecule has 0 saturated carbocycles. The van der Waals surface area contributed by atoms with Crippen molar-refractivity contribution in [2.45, 2.75) is 18.9 Å². The lowest BCUT2D eigenvalue weighted by Crippen LogP contribution is -2.45. The molecule has 1 saturated heterocycles. The van der Waals surface area contributed by atoms with Crippen LogP contribution >= 0.6 is 0 Å². The topological polar surface area (TPSA) is 60.2 Å². The van der Waals surface area contributed by atoms with Gasteiger partial charge in [0.25, 0.3) is 5.56 Å². The highest BCUT2D eigenvalue weighted by Gasteiger charge is 2.24. The first-order chi connectivity index (χ1) is 13.7. The SMILES string of the molecule is Cn1c(N2CCOC(CCc3ccccc3)C2)nc(-c2ccncc2)cc1=O. The van der Waals surface area contributed by atoms with Gasteiger partial charge in [0.1, 0.15) is 0 Å². The van der Waals surface area contributed by atoms with E-state index in [0.717, 1.165) is 31.5 Å². The third-order valence-corrected chi connectivity index (χ3v) is 5.11. The summed E-state index contributed by atoms with van der Waals surface area (Å²) in [6, 6.07) is 15.8. The van der Waals surface area contributed by atoms with Crippen LogP contribution in [0.4, 0.5) is 5.95 Å². The van der Waals surface area contributed by atoms with E-state index in [-0.39, 0.29) is 11.7 Å². The second-order valence-electron chi connectivity index (χ2n) is 7.04. The normalized spacial score (nSPS) is 16.9. The van der Waals surface area contributed by atoms with E-state index >= 15 is 0 Å². The Bertz CT molecular complexity index is 973. The van der Waals surface area contributed by atoms with E-state index in [1.165, 1.54) is 5.56 Å². The summed E-state index contributed by atoms with van der Waals surface area (Å²) < 4.78 is 7.59. The predicted molar refractivity (Wildman–Crippen MR) is 109 cm³/mol. The summed E-state index contributed by atoms with van der Waals surface area (Å²) >= 11 is 0. The Morgan fingerprint density at radius 3 is 2.71 bits per heavy atom. The molecule has 1 atom stereocenters. The molecule has 0 N–H and O–H groups in total. The molecule has 3 heterocycles. The van der Waals surface area contributed by atoms with Crippen molar-refractivity contribution in [2.75, 3.05) is 24.6 Å². The fourth-order valence-electron chi connectivity index (χ4n) is 3.53. The van der Waals surface area contributed by atoms with Gasteiger partial charge in [-0.1, -0.05) is 30.3 Å². The van der Waals surface area contributed by atoms with Crippen LogP contribution in [0, 0.1) is 0 Å². The Labute approximate surface area is 164 Å². The van der Waals surface area contributed by atoms with E-state index in [9.17, 15) is 4.79 Å². The van der Waals surface area contributed by atoms with E-state index in [1.807, 2.05) is 18.2 Å². The maximum atomic E-state index is 12.5. The van der Waals surface area contributed by atoms with Gasteiger partial charge in [0, 0.05) is 44.2 Å². The van der Waals surface area contributed by atoms with Crippen LogP contribution in [0.3, 0.4) is 0 Å². The van der Waals surface area contributed by atoms with E-state index in [4.69, 9.17) is 9.72 Å². The highest BCUT2D eigenvalue weighted by atomic mass is 16.5. The second-order valence-corrected chi connectivity index (χ2v) is 7.04. The van der Waals surface area contributed by atoms with Crippen LogP contribution in [0.5, 0.6) is 0 Å². The molecular weight excluding hydrogens is 352 g/mol. The van der Waals surface area contributed by atoms with Gasteiger partial charge in [-0.05, 0) is 30.5 Å². The van der Waals surface area contributed by atoms with E-state index in [1.54, 1.807) is 30.1 Å². The number of pyridine rings is 1. The van der Waals surface area contributed by atoms with Crippen LogP contribution in [0.1, 0.15) is 12.0 Å². The summed E-state index contributed by atoms with van der Waals surface area (Å²) in [6.45, 7) is 2.09. The van der Waals surface area contributed by atoms with Crippen molar-refractivity contribution in [3.8, 4) is 11.3 Å². The minimum atomic E-state index is -0.0656. The predicted octanol–water partition coefficient (Wildman–Crippen LogP) is 2.68. The van der Waals surface area contributed by atoms with Crippen LogP contribution in [0.25, 0.3) is 11.3 Å². The monoisotopic (exact) mass is 376 g/mol. The number of aryl methyl sites for hydroxylation is 1. The van der Waals surface area contributed by atoms with Crippen LogP contribution in [-0.2, 0) is 18.2 Å². The molecular formula is C22H24N4O2. The fourth-order valence-corrected chi connectivity index (χ4v) is 3.53. The van der Waals surface area contributed by atoms with Crippen molar-refractivity contribution in [1.29, 1.82) is 0 Å². The zero-order chi connectivity index (χ0) is 19.3. The molecule has 1 aliphatic heterocycles. The lowest BCUT2D eigenvalue weighted by atomic mass is 10.1. The number of aromatic nitrogens is 3. The van der Waals surface area contributed by atoms with Gasteiger partial charge < -0.3 is 9.64 Å². The number of morpholine rings is 1. The molecule has 0 bridgehead atoms. The van der Waals surface area contributed by atoms with Crippen molar-refractivity contribution >= 4 is 5.95 Å². The Morgan fingerprint density at radius 1 is 1.14 bits per heavy atom. The number of ether oxygens (including phenoxy) is 1. The molecule has 1 aromatic carbocycles. The average molecular weight is 376 g/mol. The number of rotatable bonds is 5. The zero-order valence-electron chi connectivity index (χ0n) is 16.0. The highest BCUT2D eigenvalue weighted by Crippen LogP contribution is 2.21. The molecule has 0 spiro atoms. The van der Waals surface area contributed by atoms with Gasteiger partial charge in [0.05, 0.1) is 18.4 Å². The van der Waals surface area contributed by atoms with Gasteiger partial charge in [-0.2, -0.15) is 0 Å². The van der Waals surface area contributed by atoms with Crippen LogP contribution in [0.2, 0.25) is 0 Å². The summed E-state index contributed by atoms with van der Waals surface area (Å²) in [5.41, 5.74) is 2.81. The molecule has 6 nitrogen and oxygen atoms in total. The fraction of sp³-hybridized carbons (Fsp3) is 0.318. The molecule has 1 aliphatic rings. The molecule has 144 valence electrons. The summed E-state index contributed by atoms with van der Waals surface area (Å²) in [5, 5.41) is 0. The van der Waals surface area contributed by atoms with Crippen molar-refractivity contribution in [2.24, 2.45) is 7.05 Å². The van der Waals surface area contributed by atoms with Gasteiger partial charge >= 0.3 is 0 Å². The molecule has 0 amide bonds. The Balaban J connectivity index is 1.53. The molecule has 4 rings (SSSR count). The van der Waals surface area contributed by atoms with Crippen LogP contribution < -0.4 is 10.5 Å². The summed E-state index contributed by atoms with van der Waals surface area (Å²) in [4.78, 5) is 23.5.